The highest BCUT2D eigenvalue weighted by Gasteiger charge is 2.02. The molecule has 0 saturated heterocycles. The van der Waals surface area contributed by atoms with Crippen molar-refractivity contribution in [3.05, 3.63) is 50.1 Å². The van der Waals surface area contributed by atoms with E-state index in [2.05, 4.69) is 11.8 Å². The Hall–Kier alpha value is -0.630. The molecule has 5 heteroatoms. The zero-order valence-electron chi connectivity index (χ0n) is 9.82. The van der Waals surface area contributed by atoms with Gasteiger partial charge in [0.1, 0.15) is 6.61 Å². The van der Waals surface area contributed by atoms with Crippen molar-refractivity contribution >= 4 is 46.3 Å². The van der Waals surface area contributed by atoms with Gasteiger partial charge in [-0.25, -0.2) is 0 Å². The van der Waals surface area contributed by atoms with Crippen LogP contribution < -0.4 is 0 Å². The number of aliphatic hydroxyl groups is 1. The lowest BCUT2D eigenvalue weighted by Crippen LogP contribution is -1.77. The molecule has 1 aromatic carbocycles. The summed E-state index contributed by atoms with van der Waals surface area (Å²) in [6.07, 6.45) is 0. The van der Waals surface area contributed by atoms with E-state index in [1.807, 2.05) is 23.6 Å². The maximum atomic E-state index is 8.64. The highest BCUT2D eigenvalue weighted by Crippen LogP contribution is 2.31. The maximum Gasteiger partial charge on any atom is 0.104 e. The molecule has 0 spiro atoms. The molecular weight excluding hydrogens is 319 g/mol. The lowest BCUT2D eigenvalue weighted by molar-refractivity contribution is 0.350. The third-order valence-corrected chi connectivity index (χ3v) is 5.14. The first-order valence-corrected chi connectivity index (χ1v) is 8.06. The van der Waals surface area contributed by atoms with Gasteiger partial charge >= 0.3 is 0 Å². The average Bonchev–Trinajstić information content (AvgIpc) is 2.86. The van der Waals surface area contributed by atoms with Crippen LogP contribution in [0.5, 0.6) is 0 Å². The maximum absolute atomic E-state index is 8.64. The molecule has 1 heterocycles. The number of aliphatic hydroxyl groups excluding tert-OH is 1. The largest absolute Gasteiger partial charge is 0.384 e. The number of thiophene rings is 1. The fourth-order valence-corrected chi connectivity index (χ4v) is 3.55. The lowest BCUT2D eigenvalue weighted by atomic mass is 10.3. The first kappa shape index (κ1) is 14.8. The average molecular weight is 329 g/mol. The summed E-state index contributed by atoms with van der Waals surface area (Å²) in [5.74, 6) is 6.40. The Morgan fingerprint density at radius 1 is 1.21 bits per heavy atom. The monoisotopic (exact) mass is 328 g/mol. The molecule has 0 aliphatic carbocycles. The predicted octanol–water partition coefficient (Wildman–Crippen LogP) is 4.69. The van der Waals surface area contributed by atoms with Crippen LogP contribution in [0.15, 0.2) is 34.5 Å². The van der Waals surface area contributed by atoms with Crippen LogP contribution in [0.1, 0.15) is 10.4 Å². The molecule has 19 heavy (non-hydrogen) atoms. The van der Waals surface area contributed by atoms with Gasteiger partial charge in [-0.05, 0) is 24.3 Å². The van der Waals surface area contributed by atoms with Gasteiger partial charge in [0.15, 0.2) is 0 Å². The van der Waals surface area contributed by atoms with E-state index >= 15 is 0 Å². The van der Waals surface area contributed by atoms with Gasteiger partial charge in [-0.3, -0.25) is 0 Å². The summed E-state index contributed by atoms with van der Waals surface area (Å²) in [5, 5.41) is 11.8. The third kappa shape index (κ3) is 4.45. The summed E-state index contributed by atoms with van der Waals surface area (Å²) in [6, 6.07) is 7.67. The molecule has 0 aliphatic rings. The molecule has 0 radical (unpaired) electrons. The van der Waals surface area contributed by atoms with Crippen LogP contribution in [0, 0.1) is 11.8 Å². The molecule has 0 unspecified atom stereocenters. The minimum atomic E-state index is -0.108. The van der Waals surface area contributed by atoms with Gasteiger partial charge in [-0.2, -0.15) is 0 Å². The van der Waals surface area contributed by atoms with Crippen LogP contribution in [0.3, 0.4) is 0 Å². The van der Waals surface area contributed by atoms with E-state index in [1.54, 1.807) is 29.2 Å². The van der Waals surface area contributed by atoms with Gasteiger partial charge < -0.3 is 5.11 Å². The predicted molar refractivity (Wildman–Crippen MR) is 84.3 cm³/mol. The zero-order valence-corrected chi connectivity index (χ0v) is 13.0. The zero-order chi connectivity index (χ0) is 13.7. The van der Waals surface area contributed by atoms with Gasteiger partial charge in [-0.15, -0.1) is 23.1 Å². The Balaban J connectivity index is 1.98. The number of halogens is 2. The van der Waals surface area contributed by atoms with Crippen LogP contribution in [-0.4, -0.2) is 11.7 Å². The topological polar surface area (TPSA) is 20.2 Å². The number of hydrogen-bond acceptors (Lipinski definition) is 3. The highest BCUT2D eigenvalue weighted by molar-refractivity contribution is 7.98. The van der Waals surface area contributed by atoms with Crippen molar-refractivity contribution in [1.29, 1.82) is 0 Å². The summed E-state index contributed by atoms with van der Waals surface area (Å²) < 4.78 is 0. The molecule has 2 rings (SSSR count). The van der Waals surface area contributed by atoms with Crippen molar-refractivity contribution in [2.24, 2.45) is 0 Å². The first-order chi connectivity index (χ1) is 9.19. The molecule has 1 nitrogen and oxygen atoms in total. The molecule has 0 atom stereocenters. The van der Waals surface area contributed by atoms with Crippen LogP contribution in [0.2, 0.25) is 10.0 Å². The van der Waals surface area contributed by atoms with Gasteiger partial charge in [0.2, 0.25) is 0 Å². The molecule has 0 saturated carbocycles. The molecule has 0 bridgehead atoms. The van der Waals surface area contributed by atoms with Crippen molar-refractivity contribution < 1.29 is 5.11 Å². The summed E-state index contributed by atoms with van der Waals surface area (Å²) in [6.45, 7) is -0.108. The van der Waals surface area contributed by atoms with Gasteiger partial charge in [0.05, 0.1) is 10.0 Å². The summed E-state index contributed by atoms with van der Waals surface area (Å²) in [5.41, 5.74) is 0.948. The second-order valence-corrected chi connectivity index (χ2v) is 6.49. The minimum Gasteiger partial charge on any atom is -0.384 e. The van der Waals surface area contributed by atoms with E-state index in [1.165, 1.54) is 4.88 Å². The highest BCUT2D eigenvalue weighted by atomic mass is 35.5. The normalized spacial score (nSPS) is 10.1. The van der Waals surface area contributed by atoms with E-state index in [0.717, 1.165) is 16.2 Å². The van der Waals surface area contributed by atoms with Crippen molar-refractivity contribution in [2.75, 3.05) is 6.61 Å². The van der Waals surface area contributed by atoms with E-state index in [0.29, 0.717) is 10.0 Å². The first-order valence-electron chi connectivity index (χ1n) is 5.44. The van der Waals surface area contributed by atoms with Crippen molar-refractivity contribution in [3.8, 4) is 11.8 Å². The summed E-state index contributed by atoms with van der Waals surface area (Å²) in [7, 11) is 0. The lowest BCUT2D eigenvalue weighted by Gasteiger charge is -2.01. The van der Waals surface area contributed by atoms with E-state index < -0.39 is 0 Å². The van der Waals surface area contributed by atoms with E-state index in [-0.39, 0.29) is 6.61 Å². The minimum absolute atomic E-state index is 0.108. The molecule has 0 aliphatic heterocycles. The standard InChI is InChI=1S/C14H10Cl2OS2/c15-13-4-3-11(7-14(13)16)19-9-12-6-10(8-18-12)2-1-5-17/h3-4,6-8,17H,5,9H2. The molecule has 98 valence electrons. The van der Waals surface area contributed by atoms with E-state index in [9.17, 15) is 0 Å². The number of benzene rings is 1. The number of hydrogen-bond donors (Lipinski definition) is 1. The molecule has 2 aromatic rings. The molecular formula is C14H10Cl2OS2. The van der Waals surface area contributed by atoms with Crippen LogP contribution >= 0.6 is 46.3 Å². The quantitative estimate of drug-likeness (QED) is 0.651. The number of rotatable bonds is 3. The van der Waals surface area contributed by atoms with E-state index in [4.69, 9.17) is 28.3 Å². The van der Waals surface area contributed by atoms with Crippen molar-refractivity contribution in [2.45, 2.75) is 10.6 Å². The summed E-state index contributed by atoms with van der Waals surface area (Å²) in [4.78, 5) is 2.32. The molecule has 1 aromatic heterocycles. The Morgan fingerprint density at radius 2 is 2.05 bits per heavy atom. The van der Waals surface area contributed by atoms with Crippen LogP contribution in [0.25, 0.3) is 0 Å². The Kier molecular flexibility index (Phi) is 5.62. The SMILES string of the molecule is OCC#Cc1csc(CSc2ccc(Cl)c(Cl)c2)c1. The van der Waals surface area contributed by atoms with Crippen molar-refractivity contribution in [1.82, 2.24) is 0 Å². The molecule has 0 amide bonds. The fourth-order valence-electron chi connectivity index (χ4n) is 1.38. The van der Waals surface area contributed by atoms with Gasteiger partial charge in [-0.1, -0.05) is 35.0 Å². The van der Waals surface area contributed by atoms with Gasteiger partial charge in [0, 0.05) is 26.5 Å². The Labute approximate surface area is 130 Å². The third-order valence-electron chi connectivity index (χ3n) is 2.24. The second kappa shape index (κ2) is 7.23. The van der Waals surface area contributed by atoms with Crippen LogP contribution in [0.4, 0.5) is 0 Å². The molecule has 1 N–H and O–H groups in total. The Morgan fingerprint density at radius 3 is 2.79 bits per heavy atom. The van der Waals surface area contributed by atoms with Crippen LogP contribution in [-0.2, 0) is 5.75 Å². The molecule has 0 fully saturated rings. The second-order valence-electron chi connectivity index (χ2n) is 3.63. The smallest absolute Gasteiger partial charge is 0.104 e. The van der Waals surface area contributed by atoms with Gasteiger partial charge in [0.25, 0.3) is 0 Å². The van der Waals surface area contributed by atoms with Crippen molar-refractivity contribution in [3.63, 3.8) is 0 Å². The number of thioether (sulfide) groups is 1. The summed E-state index contributed by atoms with van der Waals surface area (Å²) >= 11 is 15.2. The fraction of sp³-hybridized carbons (Fsp3) is 0.143. The Bertz CT molecular complexity index is 626.